The SMILES string of the molecule is CC1CCN(C(=O)c2cccc(CS(=O)(=O)c3ccc([N+](=O)[O-])cc3)n2)CC1. The number of rotatable bonds is 5. The second-order valence-corrected chi connectivity index (χ2v) is 8.99. The van der Waals surface area contributed by atoms with Crippen LogP contribution in [0, 0.1) is 16.0 Å². The van der Waals surface area contributed by atoms with Crippen molar-refractivity contribution >= 4 is 21.4 Å². The molecular formula is C19H21N3O5S. The standard InChI is InChI=1S/C19H21N3O5S/c1-14-9-11-21(12-10-14)19(23)18-4-2-3-15(20-18)13-28(26,27)17-7-5-16(6-8-17)22(24)25/h2-8,14H,9-13H2,1H3. The first-order valence-corrected chi connectivity index (χ1v) is 10.6. The number of aromatic nitrogens is 1. The molecule has 1 fully saturated rings. The molecule has 2 heterocycles. The Morgan fingerprint density at radius 1 is 1.18 bits per heavy atom. The van der Waals surface area contributed by atoms with E-state index in [-0.39, 0.29) is 33.6 Å². The van der Waals surface area contributed by atoms with Crippen LogP contribution in [0.25, 0.3) is 0 Å². The Bertz CT molecular complexity index is 981. The average molecular weight is 403 g/mol. The van der Waals surface area contributed by atoms with Crippen molar-refractivity contribution in [2.75, 3.05) is 13.1 Å². The zero-order valence-electron chi connectivity index (χ0n) is 15.4. The summed E-state index contributed by atoms with van der Waals surface area (Å²) in [6.07, 6.45) is 1.89. The van der Waals surface area contributed by atoms with E-state index >= 15 is 0 Å². The lowest BCUT2D eigenvalue weighted by atomic mass is 9.99. The maximum absolute atomic E-state index is 12.6. The van der Waals surface area contributed by atoms with Gasteiger partial charge in [-0.05, 0) is 43.0 Å². The quantitative estimate of drug-likeness (QED) is 0.561. The van der Waals surface area contributed by atoms with Crippen LogP contribution in [0.2, 0.25) is 0 Å². The van der Waals surface area contributed by atoms with Crippen LogP contribution in [0.5, 0.6) is 0 Å². The van der Waals surface area contributed by atoms with E-state index in [1.807, 2.05) is 0 Å². The number of sulfone groups is 1. The summed E-state index contributed by atoms with van der Waals surface area (Å²) >= 11 is 0. The summed E-state index contributed by atoms with van der Waals surface area (Å²) < 4.78 is 25.2. The Balaban J connectivity index is 1.76. The Morgan fingerprint density at radius 2 is 1.82 bits per heavy atom. The molecule has 1 saturated heterocycles. The summed E-state index contributed by atoms with van der Waals surface area (Å²) in [7, 11) is -3.74. The normalized spacial score (nSPS) is 15.4. The van der Waals surface area contributed by atoms with E-state index in [0.717, 1.165) is 25.0 Å². The van der Waals surface area contributed by atoms with Crippen LogP contribution in [0.15, 0.2) is 47.4 Å². The molecule has 148 valence electrons. The van der Waals surface area contributed by atoms with E-state index < -0.39 is 14.8 Å². The van der Waals surface area contributed by atoms with Crippen LogP contribution >= 0.6 is 0 Å². The number of non-ortho nitro benzene ring substituents is 1. The van der Waals surface area contributed by atoms with Crippen molar-refractivity contribution in [1.82, 2.24) is 9.88 Å². The zero-order chi connectivity index (χ0) is 20.3. The summed E-state index contributed by atoms with van der Waals surface area (Å²) in [5, 5.41) is 10.7. The third-order valence-corrected chi connectivity index (χ3v) is 6.51. The maximum atomic E-state index is 12.6. The van der Waals surface area contributed by atoms with Gasteiger partial charge in [0.1, 0.15) is 5.69 Å². The number of hydrogen-bond donors (Lipinski definition) is 0. The molecule has 0 unspecified atom stereocenters. The molecule has 2 aromatic rings. The highest BCUT2D eigenvalue weighted by molar-refractivity contribution is 7.90. The van der Waals surface area contributed by atoms with Gasteiger partial charge in [0.05, 0.1) is 21.3 Å². The number of carbonyl (C=O) groups is 1. The van der Waals surface area contributed by atoms with Gasteiger partial charge >= 0.3 is 0 Å². The molecule has 0 saturated carbocycles. The van der Waals surface area contributed by atoms with Crippen LogP contribution in [-0.2, 0) is 15.6 Å². The van der Waals surface area contributed by atoms with Gasteiger partial charge in [-0.2, -0.15) is 0 Å². The predicted octanol–water partition coefficient (Wildman–Crippen LogP) is 2.84. The zero-order valence-corrected chi connectivity index (χ0v) is 16.3. The smallest absolute Gasteiger partial charge is 0.272 e. The number of piperidine rings is 1. The first kappa shape index (κ1) is 19.9. The van der Waals surface area contributed by atoms with E-state index in [1.54, 1.807) is 23.1 Å². The van der Waals surface area contributed by atoms with Gasteiger partial charge in [0.2, 0.25) is 0 Å². The van der Waals surface area contributed by atoms with Crippen LogP contribution < -0.4 is 0 Å². The Labute approximate surface area is 163 Å². The van der Waals surface area contributed by atoms with Gasteiger partial charge in [-0.1, -0.05) is 13.0 Å². The highest BCUT2D eigenvalue weighted by Gasteiger charge is 2.23. The van der Waals surface area contributed by atoms with Crippen molar-refractivity contribution in [2.24, 2.45) is 5.92 Å². The van der Waals surface area contributed by atoms with E-state index in [0.29, 0.717) is 19.0 Å². The summed E-state index contributed by atoms with van der Waals surface area (Å²) in [5.74, 6) is 0.0137. The van der Waals surface area contributed by atoms with E-state index in [4.69, 9.17) is 0 Å². The van der Waals surface area contributed by atoms with Gasteiger partial charge < -0.3 is 4.90 Å². The molecule has 28 heavy (non-hydrogen) atoms. The van der Waals surface area contributed by atoms with E-state index in [1.165, 1.54) is 12.1 Å². The van der Waals surface area contributed by atoms with Crippen molar-refractivity contribution in [3.63, 3.8) is 0 Å². The van der Waals surface area contributed by atoms with Crippen molar-refractivity contribution in [1.29, 1.82) is 0 Å². The van der Waals surface area contributed by atoms with Crippen molar-refractivity contribution in [3.05, 3.63) is 64.0 Å². The first-order chi connectivity index (χ1) is 13.3. The van der Waals surface area contributed by atoms with Crippen molar-refractivity contribution < 1.29 is 18.1 Å². The monoisotopic (exact) mass is 403 g/mol. The maximum Gasteiger partial charge on any atom is 0.272 e. The highest BCUT2D eigenvalue weighted by Crippen LogP contribution is 2.21. The predicted molar refractivity (Wildman–Crippen MR) is 103 cm³/mol. The number of nitro groups is 1. The molecular weight excluding hydrogens is 382 g/mol. The fraction of sp³-hybridized carbons (Fsp3) is 0.368. The number of benzene rings is 1. The summed E-state index contributed by atoms with van der Waals surface area (Å²) in [4.78, 5) is 28.7. The summed E-state index contributed by atoms with van der Waals surface area (Å²) in [6, 6.07) is 9.47. The lowest BCUT2D eigenvalue weighted by Gasteiger charge is -2.30. The van der Waals surface area contributed by atoms with Crippen molar-refractivity contribution in [3.8, 4) is 0 Å². The topological polar surface area (TPSA) is 110 Å². The molecule has 0 N–H and O–H groups in total. The van der Waals surface area contributed by atoms with Gasteiger partial charge in [-0.3, -0.25) is 14.9 Å². The minimum Gasteiger partial charge on any atom is -0.337 e. The van der Waals surface area contributed by atoms with Crippen LogP contribution in [0.3, 0.4) is 0 Å². The fourth-order valence-electron chi connectivity index (χ4n) is 3.11. The average Bonchev–Trinajstić information content (AvgIpc) is 2.68. The fourth-order valence-corrected chi connectivity index (χ4v) is 4.37. The third-order valence-electron chi connectivity index (χ3n) is 4.84. The van der Waals surface area contributed by atoms with Gasteiger partial charge in [-0.25, -0.2) is 13.4 Å². The third kappa shape index (κ3) is 4.53. The number of amides is 1. The number of hydrogen-bond acceptors (Lipinski definition) is 6. The Hall–Kier alpha value is -2.81. The van der Waals surface area contributed by atoms with Gasteiger partial charge in [-0.15, -0.1) is 0 Å². The van der Waals surface area contributed by atoms with Crippen LogP contribution in [0.1, 0.15) is 35.9 Å². The second-order valence-electron chi connectivity index (χ2n) is 7.00. The minimum absolute atomic E-state index is 0.0263. The largest absolute Gasteiger partial charge is 0.337 e. The van der Waals surface area contributed by atoms with Crippen LogP contribution in [0.4, 0.5) is 5.69 Å². The number of pyridine rings is 1. The first-order valence-electron chi connectivity index (χ1n) is 8.99. The molecule has 9 heteroatoms. The van der Waals surface area contributed by atoms with E-state index in [2.05, 4.69) is 11.9 Å². The lowest BCUT2D eigenvalue weighted by molar-refractivity contribution is -0.384. The molecule has 1 aromatic heterocycles. The van der Waals surface area contributed by atoms with Crippen LogP contribution in [-0.4, -0.2) is 42.2 Å². The number of likely N-dealkylation sites (tertiary alicyclic amines) is 1. The molecule has 1 amide bonds. The van der Waals surface area contributed by atoms with Crippen molar-refractivity contribution in [2.45, 2.75) is 30.4 Å². The number of carbonyl (C=O) groups excluding carboxylic acids is 1. The lowest BCUT2D eigenvalue weighted by Crippen LogP contribution is -2.38. The molecule has 0 atom stereocenters. The molecule has 8 nitrogen and oxygen atoms in total. The van der Waals surface area contributed by atoms with Gasteiger partial charge in [0.25, 0.3) is 11.6 Å². The van der Waals surface area contributed by atoms with E-state index in [9.17, 15) is 23.3 Å². The molecule has 0 aliphatic carbocycles. The Kier molecular flexibility index (Phi) is 5.73. The summed E-state index contributed by atoms with van der Waals surface area (Å²) in [5.41, 5.74) is 0.307. The second kappa shape index (κ2) is 8.05. The molecule has 1 aromatic carbocycles. The Morgan fingerprint density at radius 3 is 2.43 bits per heavy atom. The molecule has 1 aliphatic heterocycles. The summed E-state index contributed by atoms with van der Waals surface area (Å²) in [6.45, 7) is 3.50. The number of nitro benzene ring substituents is 1. The van der Waals surface area contributed by atoms with Gasteiger partial charge in [0.15, 0.2) is 9.84 Å². The molecule has 0 spiro atoms. The minimum atomic E-state index is -3.74. The number of nitrogens with zero attached hydrogens (tertiary/aromatic N) is 3. The molecule has 0 bridgehead atoms. The molecule has 0 radical (unpaired) electrons. The molecule has 3 rings (SSSR count). The molecule has 1 aliphatic rings. The highest BCUT2D eigenvalue weighted by atomic mass is 32.2. The van der Waals surface area contributed by atoms with Gasteiger partial charge in [0, 0.05) is 25.2 Å².